The monoisotopic (exact) mass is 141 g/mol. The Morgan fingerprint density at radius 1 is 1.40 bits per heavy atom. The van der Waals surface area contributed by atoms with Crippen molar-refractivity contribution in [3.05, 3.63) is 12.2 Å². The molecule has 1 heterocycles. The van der Waals surface area contributed by atoms with E-state index >= 15 is 0 Å². The Bertz CT molecular complexity index is 164. The summed E-state index contributed by atoms with van der Waals surface area (Å²) in [6.07, 6.45) is 2.96. The third kappa shape index (κ3) is 0.988. The van der Waals surface area contributed by atoms with Gasteiger partial charge in [0, 0.05) is 0 Å². The number of hydrogen-bond acceptors (Lipinski definition) is 1. The van der Waals surface area contributed by atoms with Crippen LogP contribution in [0, 0.1) is 0 Å². The first-order chi connectivity index (χ1) is 4.63. The fourth-order valence-electron chi connectivity index (χ4n) is 1.23. The molecule has 1 aliphatic rings. The number of hydrogen-bond donors (Lipinski definition) is 1. The van der Waals surface area contributed by atoms with Gasteiger partial charge in [0.2, 0.25) is 0 Å². The van der Waals surface area contributed by atoms with Gasteiger partial charge in [0.05, 0.1) is 12.1 Å². The standard InChI is InChI=1S/C7H11NO2/c1-5-3-4-6(2)8(5)7(9)10/h3-6H,1-2H3,(H,9,10). The summed E-state index contributed by atoms with van der Waals surface area (Å²) in [6, 6.07) is 0.0694. The fourth-order valence-corrected chi connectivity index (χ4v) is 1.23. The third-order valence-electron chi connectivity index (χ3n) is 1.77. The maximum atomic E-state index is 10.5. The van der Waals surface area contributed by atoms with Crippen LogP contribution in [0.2, 0.25) is 0 Å². The molecule has 0 bridgehead atoms. The molecular weight excluding hydrogens is 130 g/mol. The molecule has 3 heteroatoms. The molecule has 10 heavy (non-hydrogen) atoms. The Balaban J connectivity index is 2.69. The van der Waals surface area contributed by atoms with Crippen LogP contribution in [0.25, 0.3) is 0 Å². The molecule has 3 nitrogen and oxygen atoms in total. The molecule has 0 fully saturated rings. The van der Waals surface area contributed by atoms with E-state index in [0.717, 1.165) is 0 Å². The summed E-state index contributed by atoms with van der Waals surface area (Å²) in [5.74, 6) is 0. The maximum absolute atomic E-state index is 10.5. The van der Waals surface area contributed by atoms with Crippen LogP contribution in [0.5, 0.6) is 0 Å². The van der Waals surface area contributed by atoms with Gasteiger partial charge < -0.3 is 5.11 Å². The molecule has 2 unspecified atom stereocenters. The van der Waals surface area contributed by atoms with E-state index in [9.17, 15) is 4.79 Å². The van der Waals surface area contributed by atoms with Crippen molar-refractivity contribution in [2.75, 3.05) is 0 Å². The van der Waals surface area contributed by atoms with Crippen LogP contribution >= 0.6 is 0 Å². The lowest BCUT2D eigenvalue weighted by Crippen LogP contribution is -2.37. The van der Waals surface area contributed by atoms with Crippen molar-refractivity contribution in [2.45, 2.75) is 25.9 Å². The highest BCUT2D eigenvalue weighted by atomic mass is 16.4. The molecule has 1 rings (SSSR count). The first kappa shape index (κ1) is 7.12. The Morgan fingerprint density at radius 3 is 2.00 bits per heavy atom. The quantitative estimate of drug-likeness (QED) is 0.517. The third-order valence-corrected chi connectivity index (χ3v) is 1.77. The number of carboxylic acid groups (broad SMARTS) is 1. The lowest BCUT2D eigenvalue weighted by Gasteiger charge is -2.22. The first-order valence-corrected chi connectivity index (χ1v) is 3.32. The van der Waals surface area contributed by atoms with Crippen molar-refractivity contribution in [1.82, 2.24) is 4.90 Å². The van der Waals surface area contributed by atoms with Crippen molar-refractivity contribution in [3.63, 3.8) is 0 Å². The molecule has 0 radical (unpaired) electrons. The zero-order chi connectivity index (χ0) is 7.72. The van der Waals surface area contributed by atoms with Crippen LogP contribution in [-0.4, -0.2) is 28.2 Å². The Kier molecular flexibility index (Phi) is 1.66. The summed E-state index contributed by atoms with van der Waals surface area (Å²) in [5, 5.41) is 8.64. The van der Waals surface area contributed by atoms with Crippen molar-refractivity contribution in [2.24, 2.45) is 0 Å². The molecule has 1 N–H and O–H groups in total. The second kappa shape index (κ2) is 2.33. The first-order valence-electron chi connectivity index (χ1n) is 3.32. The lowest BCUT2D eigenvalue weighted by molar-refractivity contribution is 0.133. The molecule has 0 spiro atoms. The summed E-state index contributed by atoms with van der Waals surface area (Å²) >= 11 is 0. The molecule has 0 aromatic rings. The van der Waals surface area contributed by atoms with Gasteiger partial charge >= 0.3 is 6.09 Å². The number of rotatable bonds is 0. The van der Waals surface area contributed by atoms with E-state index in [-0.39, 0.29) is 12.1 Å². The summed E-state index contributed by atoms with van der Waals surface area (Å²) in [4.78, 5) is 11.9. The summed E-state index contributed by atoms with van der Waals surface area (Å²) in [6.45, 7) is 3.74. The minimum absolute atomic E-state index is 0.0347. The minimum atomic E-state index is -0.843. The highest BCUT2D eigenvalue weighted by Crippen LogP contribution is 2.15. The summed E-state index contributed by atoms with van der Waals surface area (Å²) in [7, 11) is 0. The average Bonchev–Trinajstić information content (AvgIpc) is 2.11. The van der Waals surface area contributed by atoms with E-state index in [1.54, 1.807) is 0 Å². The Labute approximate surface area is 59.9 Å². The number of amides is 1. The zero-order valence-corrected chi connectivity index (χ0v) is 6.11. The highest BCUT2D eigenvalue weighted by Gasteiger charge is 2.25. The number of nitrogens with zero attached hydrogens (tertiary/aromatic N) is 1. The molecular formula is C7H11NO2. The van der Waals surface area contributed by atoms with Crippen LogP contribution in [0.1, 0.15) is 13.8 Å². The largest absolute Gasteiger partial charge is 0.465 e. The van der Waals surface area contributed by atoms with Crippen molar-refractivity contribution < 1.29 is 9.90 Å². The minimum Gasteiger partial charge on any atom is -0.465 e. The zero-order valence-electron chi connectivity index (χ0n) is 6.11. The molecule has 0 aromatic heterocycles. The highest BCUT2D eigenvalue weighted by molar-refractivity contribution is 5.67. The molecule has 1 aliphatic heterocycles. The Hall–Kier alpha value is -0.990. The van der Waals surface area contributed by atoms with Gasteiger partial charge in [-0.1, -0.05) is 12.2 Å². The van der Waals surface area contributed by atoms with E-state index in [2.05, 4.69) is 0 Å². The van der Waals surface area contributed by atoms with Gasteiger partial charge in [0.25, 0.3) is 0 Å². The van der Waals surface area contributed by atoms with Crippen molar-refractivity contribution in [1.29, 1.82) is 0 Å². The fraction of sp³-hybridized carbons (Fsp3) is 0.571. The molecule has 0 saturated heterocycles. The lowest BCUT2D eigenvalue weighted by atomic mass is 10.3. The van der Waals surface area contributed by atoms with E-state index < -0.39 is 6.09 Å². The van der Waals surface area contributed by atoms with Gasteiger partial charge in [0.1, 0.15) is 0 Å². The predicted molar refractivity (Wildman–Crippen MR) is 37.9 cm³/mol. The van der Waals surface area contributed by atoms with Crippen LogP contribution in [0.4, 0.5) is 4.79 Å². The smallest absolute Gasteiger partial charge is 0.408 e. The van der Waals surface area contributed by atoms with Crippen LogP contribution in [0.3, 0.4) is 0 Å². The van der Waals surface area contributed by atoms with Crippen molar-refractivity contribution >= 4 is 6.09 Å². The van der Waals surface area contributed by atoms with E-state index in [4.69, 9.17) is 5.11 Å². The molecule has 0 aliphatic carbocycles. The molecule has 1 amide bonds. The molecule has 0 aromatic carbocycles. The van der Waals surface area contributed by atoms with E-state index in [0.29, 0.717) is 0 Å². The normalized spacial score (nSPS) is 31.2. The van der Waals surface area contributed by atoms with Crippen LogP contribution < -0.4 is 0 Å². The van der Waals surface area contributed by atoms with E-state index in [1.165, 1.54) is 4.90 Å². The number of carbonyl (C=O) groups is 1. The topological polar surface area (TPSA) is 40.5 Å². The molecule has 0 saturated carbocycles. The second-order valence-corrected chi connectivity index (χ2v) is 2.56. The van der Waals surface area contributed by atoms with Crippen molar-refractivity contribution in [3.8, 4) is 0 Å². The van der Waals surface area contributed by atoms with Crippen LogP contribution in [0.15, 0.2) is 12.2 Å². The molecule has 2 atom stereocenters. The van der Waals surface area contributed by atoms with Gasteiger partial charge in [-0.15, -0.1) is 0 Å². The summed E-state index contributed by atoms with van der Waals surface area (Å²) in [5.41, 5.74) is 0. The Morgan fingerprint density at radius 2 is 1.80 bits per heavy atom. The van der Waals surface area contributed by atoms with Gasteiger partial charge in [-0.05, 0) is 13.8 Å². The van der Waals surface area contributed by atoms with Gasteiger partial charge in [-0.2, -0.15) is 0 Å². The predicted octanol–water partition coefficient (Wildman–Crippen LogP) is 1.31. The van der Waals surface area contributed by atoms with Gasteiger partial charge in [-0.3, -0.25) is 4.90 Å². The second-order valence-electron chi connectivity index (χ2n) is 2.56. The van der Waals surface area contributed by atoms with Crippen LogP contribution in [-0.2, 0) is 0 Å². The SMILES string of the molecule is CC1C=CC(C)N1C(=O)O. The average molecular weight is 141 g/mol. The van der Waals surface area contributed by atoms with Gasteiger partial charge in [-0.25, -0.2) is 4.79 Å². The maximum Gasteiger partial charge on any atom is 0.408 e. The van der Waals surface area contributed by atoms with Gasteiger partial charge in [0.15, 0.2) is 0 Å². The molecule has 56 valence electrons. The summed E-state index contributed by atoms with van der Waals surface area (Å²) < 4.78 is 0. The van der Waals surface area contributed by atoms with E-state index in [1.807, 2.05) is 26.0 Å².